The van der Waals surface area contributed by atoms with Gasteiger partial charge < -0.3 is 4.90 Å². The summed E-state index contributed by atoms with van der Waals surface area (Å²) in [5.74, 6) is 0. The summed E-state index contributed by atoms with van der Waals surface area (Å²) in [6.07, 6.45) is 4.12. The molecule has 1 aromatic carbocycles. The number of hydrogen-bond donors (Lipinski definition) is 0. The average Bonchev–Trinajstić information content (AvgIpc) is 2.12. The van der Waals surface area contributed by atoms with Crippen LogP contribution in [0.25, 0.3) is 6.08 Å². The highest BCUT2D eigenvalue weighted by Gasteiger charge is 2.09. The van der Waals surface area contributed by atoms with E-state index < -0.39 is 0 Å². The lowest BCUT2D eigenvalue weighted by Gasteiger charge is -2.25. The van der Waals surface area contributed by atoms with Crippen LogP contribution in [0.15, 0.2) is 42.6 Å². The van der Waals surface area contributed by atoms with Gasteiger partial charge in [-0.1, -0.05) is 30.9 Å². The van der Waals surface area contributed by atoms with Crippen molar-refractivity contribution in [1.82, 2.24) is 0 Å². The van der Waals surface area contributed by atoms with Crippen LogP contribution in [-0.2, 0) is 0 Å². The van der Waals surface area contributed by atoms with Gasteiger partial charge in [-0.15, -0.1) is 0 Å². The minimum Gasteiger partial charge on any atom is -0.345 e. The third-order valence-corrected chi connectivity index (χ3v) is 2.18. The largest absolute Gasteiger partial charge is 0.345 e. The lowest BCUT2D eigenvalue weighted by molar-refractivity contribution is 1.13. The summed E-state index contributed by atoms with van der Waals surface area (Å²) < 4.78 is 0. The van der Waals surface area contributed by atoms with Gasteiger partial charge in [-0.25, -0.2) is 0 Å². The maximum absolute atomic E-state index is 3.93. The van der Waals surface area contributed by atoms with Crippen molar-refractivity contribution < 1.29 is 0 Å². The lowest BCUT2D eigenvalue weighted by atomic mass is 10.1. The fraction of sp³-hybridized carbons (Fsp3) is 0.0909. The van der Waals surface area contributed by atoms with Crippen LogP contribution in [0.4, 0.5) is 5.69 Å². The molecule has 1 aromatic rings. The van der Waals surface area contributed by atoms with Crippen molar-refractivity contribution in [2.75, 3.05) is 11.9 Å². The SMILES string of the molecule is C=C1C=Cc2ccccc2N1C. The molecule has 0 saturated carbocycles. The van der Waals surface area contributed by atoms with Crippen LogP contribution in [0, 0.1) is 0 Å². The number of anilines is 1. The van der Waals surface area contributed by atoms with Gasteiger partial charge in [0.2, 0.25) is 0 Å². The molecule has 60 valence electrons. The molecule has 1 heteroatoms. The molecular weight excluding hydrogens is 146 g/mol. The Morgan fingerprint density at radius 3 is 2.75 bits per heavy atom. The Kier molecular flexibility index (Phi) is 1.51. The summed E-state index contributed by atoms with van der Waals surface area (Å²) in [6.45, 7) is 3.93. The molecule has 0 unspecified atom stereocenters. The van der Waals surface area contributed by atoms with Crippen LogP contribution in [0.5, 0.6) is 0 Å². The van der Waals surface area contributed by atoms with Gasteiger partial charge in [0.15, 0.2) is 0 Å². The van der Waals surface area contributed by atoms with Crippen LogP contribution in [-0.4, -0.2) is 7.05 Å². The van der Waals surface area contributed by atoms with E-state index in [2.05, 4.69) is 29.7 Å². The quantitative estimate of drug-likeness (QED) is 0.559. The smallest absolute Gasteiger partial charge is 0.0481 e. The molecule has 1 aliphatic rings. The summed E-state index contributed by atoms with van der Waals surface area (Å²) in [5.41, 5.74) is 3.52. The van der Waals surface area contributed by atoms with Crippen molar-refractivity contribution in [3.8, 4) is 0 Å². The summed E-state index contributed by atoms with van der Waals surface area (Å²) in [6, 6.07) is 8.30. The number of allylic oxidation sites excluding steroid dienone is 1. The second-order valence-electron chi connectivity index (χ2n) is 2.94. The Hall–Kier alpha value is -1.50. The number of benzene rings is 1. The molecule has 2 rings (SSSR count). The number of rotatable bonds is 0. The Morgan fingerprint density at radius 2 is 1.92 bits per heavy atom. The molecule has 0 bridgehead atoms. The van der Waals surface area contributed by atoms with E-state index in [9.17, 15) is 0 Å². The van der Waals surface area contributed by atoms with E-state index in [1.54, 1.807) is 0 Å². The van der Waals surface area contributed by atoms with Gasteiger partial charge in [-0.2, -0.15) is 0 Å². The molecule has 12 heavy (non-hydrogen) atoms. The third-order valence-electron chi connectivity index (χ3n) is 2.18. The summed E-state index contributed by atoms with van der Waals surface area (Å²) in [7, 11) is 2.03. The monoisotopic (exact) mass is 157 g/mol. The summed E-state index contributed by atoms with van der Waals surface area (Å²) in [4.78, 5) is 2.09. The van der Waals surface area contributed by atoms with Gasteiger partial charge in [0, 0.05) is 18.4 Å². The van der Waals surface area contributed by atoms with Gasteiger partial charge in [0.1, 0.15) is 0 Å². The van der Waals surface area contributed by atoms with E-state index in [1.807, 2.05) is 25.3 Å². The van der Waals surface area contributed by atoms with Crippen molar-refractivity contribution in [3.05, 3.63) is 48.2 Å². The highest BCUT2D eigenvalue weighted by molar-refractivity contribution is 5.75. The van der Waals surface area contributed by atoms with Crippen molar-refractivity contribution in [1.29, 1.82) is 0 Å². The zero-order valence-electron chi connectivity index (χ0n) is 7.12. The van der Waals surface area contributed by atoms with Crippen LogP contribution < -0.4 is 4.90 Å². The number of fused-ring (bicyclic) bond motifs is 1. The first kappa shape index (κ1) is 7.17. The first-order chi connectivity index (χ1) is 5.79. The zero-order valence-corrected chi connectivity index (χ0v) is 7.12. The maximum atomic E-state index is 3.93. The van der Waals surface area contributed by atoms with Crippen LogP contribution >= 0.6 is 0 Å². The molecule has 0 aliphatic carbocycles. The second kappa shape index (κ2) is 2.52. The molecule has 1 aliphatic heterocycles. The molecule has 0 spiro atoms. The first-order valence-corrected chi connectivity index (χ1v) is 3.99. The fourth-order valence-electron chi connectivity index (χ4n) is 1.39. The molecule has 1 nitrogen and oxygen atoms in total. The second-order valence-corrected chi connectivity index (χ2v) is 2.94. The van der Waals surface area contributed by atoms with E-state index in [0.29, 0.717) is 0 Å². The zero-order chi connectivity index (χ0) is 8.55. The van der Waals surface area contributed by atoms with Crippen molar-refractivity contribution in [3.63, 3.8) is 0 Å². The highest BCUT2D eigenvalue weighted by atomic mass is 15.1. The van der Waals surface area contributed by atoms with E-state index in [4.69, 9.17) is 0 Å². The molecule has 0 aromatic heterocycles. The molecule has 0 fully saturated rings. The van der Waals surface area contributed by atoms with Crippen LogP contribution in [0.3, 0.4) is 0 Å². The molecule has 1 heterocycles. The van der Waals surface area contributed by atoms with Crippen molar-refractivity contribution >= 4 is 11.8 Å². The minimum absolute atomic E-state index is 1.04. The van der Waals surface area contributed by atoms with Crippen molar-refractivity contribution in [2.24, 2.45) is 0 Å². The molecule has 0 amide bonds. The summed E-state index contributed by atoms with van der Waals surface area (Å²) >= 11 is 0. The number of nitrogens with zero attached hydrogens (tertiary/aromatic N) is 1. The minimum atomic E-state index is 1.04. The van der Waals surface area contributed by atoms with Crippen LogP contribution in [0.2, 0.25) is 0 Å². The fourth-order valence-corrected chi connectivity index (χ4v) is 1.39. The van der Waals surface area contributed by atoms with Gasteiger partial charge in [0.25, 0.3) is 0 Å². The Morgan fingerprint density at radius 1 is 1.17 bits per heavy atom. The average molecular weight is 157 g/mol. The van der Waals surface area contributed by atoms with E-state index in [-0.39, 0.29) is 0 Å². The van der Waals surface area contributed by atoms with Gasteiger partial charge >= 0.3 is 0 Å². The molecular formula is C11H11N. The van der Waals surface area contributed by atoms with Crippen LogP contribution in [0.1, 0.15) is 5.56 Å². The van der Waals surface area contributed by atoms with Crippen molar-refractivity contribution in [2.45, 2.75) is 0 Å². The van der Waals surface area contributed by atoms with E-state index >= 15 is 0 Å². The topological polar surface area (TPSA) is 3.24 Å². The molecule has 0 atom stereocenters. The Balaban J connectivity index is 2.59. The number of likely N-dealkylation sites (N-methyl/N-ethyl adjacent to an activating group) is 1. The van der Waals surface area contributed by atoms with E-state index in [1.165, 1.54) is 11.3 Å². The maximum Gasteiger partial charge on any atom is 0.0481 e. The van der Waals surface area contributed by atoms with Gasteiger partial charge in [0.05, 0.1) is 0 Å². The van der Waals surface area contributed by atoms with Gasteiger partial charge in [-0.3, -0.25) is 0 Å². The lowest BCUT2D eigenvalue weighted by Crippen LogP contribution is -2.17. The first-order valence-electron chi connectivity index (χ1n) is 3.99. The normalized spacial score (nSPS) is 14.8. The van der Waals surface area contributed by atoms with Gasteiger partial charge in [-0.05, 0) is 17.7 Å². The predicted octanol–water partition coefficient (Wildman–Crippen LogP) is 2.66. The Labute approximate surface area is 72.6 Å². The number of hydrogen-bond acceptors (Lipinski definition) is 1. The standard InChI is InChI=1S/C11H11N/c1-9-7-8-10-5-3-4-6-11(10)12(9)2/h3-8H,1H2,2H3. The number of para-hydroxylation sites is 1. The molecule has 0 radical (unpaired) electrons. The molecule has 0 N–H and O–H groups in total. The molecule has 0 saturated heterocycles. The highest BCUT2D eigenvalue weighted by Crippen LogP contribution is 2.27. The van der Waals surface area contributed by atoms with E-state index in [0.717, 1.165) is 5.70 Å². The Bertz CT molecular complexity index is 350. The predicted molar refractivity (Wildman–Crippen MR) is 53.0 cm³/mol. The summed E-state index contributed by atoms with van der Waals surface area (Å²) in [5, 5.41) is 0. The third kappa shape index (κ3) is 0.944.